The Hall–Kier alpha value is -2.88. The predicted octanol–water partition coefficient (Wildman–Crippen LogP) is 2.90. The number of pyridine rings is 1. The maximum absolute atomic E-state index is 12.1. The van der Waals surface area contributed by atoms with Crippen LogP contribution < -0.4 is 9.46 Å². The number of aryl methyl sites for hydroxylation is 1. The normalized spacial score (nSPS) is 11.0. The van der Waals surface area contributed by atoms with Gasteiger partial charge in [-0.2, -0.15) is 4.72 Å². The van der Waals surface area contributed by atoms with E-state index in [9.17, 15) is 8.42 Å². The highest BCUT2D eigenvalue weighted by Crippen LogP contribution is 2.18. The predicted molar refractivity (Wildman–Crippen MR) is 101 cm³/mol. The average Bonchev–Trinajstić information content (AvgIpc) is 2.65. The Morgan fingerprint density at radius 2 is 1.88 bits per heavy atom. The van der Waals surface area contributed by atoms with E-state index in [0.717, 1.165) is 16.5 Å². The summed E-state index contributed by atoms with van der Waals surface area (Å²) in [6.45, 7) is 2.10. The lowest BCUT2D eigenvalue weighted by Gasteiger charge is -2.04. The van der Waals surface area contributed by atoms with Gasteiger partial charge in [0.05, 0.1) is 17.0 Å². The number of rotatable bonds is 5. The smallest absolute Gasteiger partial charge is 0.241 e. The monoisotopic (exact) mass is 366 g/mol. The number of nitrogens with zero attached hydrogens (tertiary/aromatic N) is 1. The van der Waals surface area contributed by atoms with Gasteiger partial charge in [-0.3, -0.25) is 4.98 Å². The molecule has 0 radical (unpaired) electrons. The fourth-order valence-corrected chi connectivity index (χ4v) is 3.22. The second-order valence-electron chi connectivity index (χ2n) is 5.64. The van der Waals surface area contributed by atoms with Gasteiger partial charge in [0.2, 0.25) is 10.0 Å². The highest BCUT2D eigenvalue weighted by molar-refractivity contribution is 7.89. The summed E-state index contributed by atoms with van der Waals surface area (Å²) >= 11 is 0. The van der Waals surface area contributed by atoms with Crippen LogP contribution in [0.5, 0.6) is 5.75 Å². The van der Waals surface area contributed by atoms with E-state index < -0.39 is 10.0 Å². The van der Waals surface area contributed by atoms with Gasteiger partial charge in [-0.15, -0.1) is 0 Å². The molecule has 0 aliphatic rings. The SMILES string of the molecule is Cc1ccc(S(=O)(=O)NCC#CCOc2ccc3cccnc3c2)cc1. The number of fused-ring (bicyclic) bond motifs is 1. The number of ether oxygens (including phenoxy) is 1. The molecule has 0 fully saturated rings. The van der Waals surface area contributed by atoms with Crippen molar-refractivity contribution in [2.24, 2.45) is 0 Å². The number of nitrogens with one attached hydrogen (secondary N) is 1. The van der Waals surface area contributed by atoms with E-state index in [-0.39, 0.29) is 18.0 Å². The van der Waals surface area contributed by atoms with Crippen LogP contribution in [-0.4, -0.2) is 26.6 Å². The molecule has 0 bridgehead atoms. The molecule has 0 amide bonds. The summed E-state index contributed by atoms with van der Waals surface area (Å²) in [7, 11) is -3.54. The van der Waals surface area contributed by atoms with E-state index in [1.54, 1.807) is 30.5 Å². The molecular weight excluding hydrogens is 348 g/mol. The molecule has 0 unspecified atom stereocenters. The first-order valence-electron chi connectivity index (χ1n) is 8.04. The summed E-state index contributed by atoms with van der Waals surface area (Å²) in [6.07, 6.45) is 1.73. The third kappa shape index (κ3) is 4.60. The van der Waals surface area contributed by atoms with Crippen molar-refractivity contribution in [3.8, 4) is 17.6 Å². The summed E-state index contributed by atoms with van der Waals surface area (Å²) < 4.78 is 32.2. The van der Waals surface area contributed by atoms with Gasteiger partial charge >= 0.3 is 0 Å². The molecule has 132 valence electrons. The second-order valence-corrected chi connectivity index (χ2v) is 7.40. The molecule has 0 atom stereocenters. The Kier molecular flexibility index (Phi) is 5.52. The minimum Gasteiger partial charge on any atom is -0.481 e. The first kappa shape index (κ1) is 17.9. The molecule has 1 aromatic heterocycles. The summed E-state index contributed by atoms with van der Waals surface area (Å²) in [4.78, 5) is 4.49. The molecule has 0 saturated heterocycles. The van der Waals surface area contributed by atoms with Crippen molar-refractivity contribution in [2.75, 3.05) is 13.2 Å². The second kappa shape index (κ2) is 8.00. The van der Waals surface area contributed by atoms with Crippen molar-refractivity contribution in [3.63, 3.8) is 0 Å². The zero-order valence-corrected chi connectivity index (χ0v) is 15.1. The van der Waals surface area contributed by atoms with E-state index in [4.69, 9.17) is 4.74 Å². The maximum atomic E-state index is 12.1. The van der Waals surface area contributed by atoms with Gasteiger partial charge in [-0.1, -0.05) is 35.6 Å². The zero-order valence-electron chi connectivity index (χ0n) is 14.3. The summed E-state index contributed by atoms with van der Waals surface area (Å²) in [5.74, 6) is 6.22. The van der Waals surface area contributed by atoms with Gasteiger partial charge in [0.1, 0.15) is 12.4 Å². The van der Waals surface area contributed by atoms with Gasteiger partial charge in [-0.05, 0) is 37.3 Å². The molecule has 0 aliphatic carbocycles. The Balaban J connectivity index is 1.51. The van der Waals surface area contributed by atoms with Crippen molar-refractivity contribution >= 4 is 20.9 Å². The van der Waals surface area contributed by atoms with E-state index in [1.807, 2.05) is 37.3 Å². The van der Waals surface area contributed by atoms with Crippen molar-refractivity contribution in [3.05, 3.63) is 66.4 Å². The topological polar surface area (TPSA) is 68.3 Å². The van der Waals surface area contributed by atoms with Gasteiger partial charge in [0.15, 0.2) is 0 Å². The first-order valence-corrected chi connectivity index (χ1v) is 9.52. The molecule has 0 saturated carbocycles. The molecule has 26 heavy (non-hydrogen) atoms. The first-order chi connectivity index (χ1) is 12.5. The molecule has 1 heterocycles. The van der Waals surface area contributed by atoms with Crippen LogP contribution in [0.1, 0.15) is 5.56 Å². The number of benzene rings is 2. The molecule has 3 rings (SSSR count). The summed E-state index contributed by atoms with van der Waals surface area (Å²) in [5, 5.41) is 1.04. The molecule has 6 heteroatoms. The minimum atomic E-state index is -3.54. The van der Waals surface area contributed by atoms with Crippen molar-refractivity contribution in [1.82, 2.24) is 9.71 Å². The fraction of sp³-hybridized carbons (Fsp3) is 0.150. The average molecular weight is 366 g/mol. The van der Waals surface area contributed by atoms with Crippen LogP contribution in [0.15, 0.2) is 65.7 Å². The van der Waals surface area contributed by atoms with Gasteiger partial charge in [-0.25, -0.2) is 8.42 Å². The Morgan fingerprint density at radius 1 is 1.08 bits per heavy atom. The lowest BCUT2D eigenvalue weighted by atomic mass is 10.2. The van der Waals surface area contributed by atoms with Crippen molar-refractivity contribution < 1.29 is 13.2 Å². The van der Waals surface area contributed by atoms with Crippen LogP contribution in [0.25, 0.3) is 10.9 Å². The van der Waals surface area contributed by atoms with Crippen molar-refractivity contribution in [1.29, 1.82) is 0 Å². The third-order valence-electron chi connectivity index (χ3n) is 3.70. The third-order valence-corrected chi connectivity index (χ3v) is 5.11. The quantitative estimate of drug-likeness (QED) is 0.705. The zero-order chi connectivity index (χ0) is 18.4. The lowest BCUT2D eigenvalue weighted by Crippen LogP contribution is -2.24. The summed E-state index contributed by atoms with van der Waals surface area (Å²) in [5.41, 5.74) is 1.86. The fourth-order valence-electron chi connectivity index (χ4n) is 2.30. The van der Waals surface area contributed by atoms with Crippen LogP contribution in [-0.2, 0) is 10.0 Å². The molecule has 1 N–H and O–H groups in total. The Labute approximate surface area is 153 Å². The Bertz CT molecular complexity index is 1070. The largest absolute Gasteiger partial charge is 0.481 e. The highest BCUT2D eigenvalue weighted by atomic mass is 32.2. The molecule has 0 aliphatic heterocycles. The van der Waals surface area contributed by atoms with Crippen LogP contribution in [0.3, 0.4) is 0 Å². The Morgan fingerprint density at radius 3 is 2.69 bits per heavy atom. The summed E-state index contributed by atoms with van der Waals surface area (Å²) in [6, 6.07) is 16.1. The van der Waals surface area contributed by atoms with E-state index in [2.05, 4.69) is 21.5 Å². The van der Waals surface area contributed by atoms with E-state index in [1.165, 1.54) is 0 Å². The van der Waals surface area contributed by atoms with Crippen LogP contribution >= 0.6 is 0 Å². The molecular formula is C20H18N2O3S. The van der Waals surface area contributed by atoms with Crippen LogP contribution in [0.2, 0.25) is 0 Å². The molecule has 2 aromatic carbocycles. The number of aromatic nitrogens is 1. The maximum Gasteiger partial charge on any atom is 0.241 e. The van der Waals surface area contributed by atoms with Crippen LogP contribution in [0, 0.1) is 18.8 Å². The van der Waals surface area contributed by atoms with Gasteiger partial charge < -0.3 is 4.74 Å². The molecule has 3 aromatic rings. The highest BCUT2D eigenvalue weighted by Gasteiger charge is 2.11. The van der Waals surface area contributed by atoms with Gasteiger partial charge in [0.25, 0.3) is 0 Å². The lowest BCUT2D eigenvalue weighted by molar-refractivity contribution is 0.370. The molecule has 5 nitrogen and oxygen atoms in total. The van der Waals surface area contributed by atoms with Gasteiger partial charge in [0, 0.05) is 17.6 Å². The van der Waals surface area contributed by atoms with E-state index >= 15 is 0 Å². The minimum absolute atomic E-state index is 0.0266. The number of sulfonamides is 1. The molecule has 0 spiro atoms. The standard InChI is InChI=1S/C20H18N2O3S/c1-16-6-10-19(11-7-16)26(23,24)22-13-2-3-14-25-18-9-8-17-5-4-12-21-20(17)15-18/h4-12,15,22H,13-14H2,1H3. The number of hydrogen-bond donors (Lipinski definition) is 1. The number of hydrogen-bond acceptors (Lipinski definition) is 4. The van der Waals surface area contributed by atoms with Crippen molar-refractivity contribution in [2.45, 2.75) is 11.8 Å². The van der Waals surface area contributed by atoms with E-state index in [0.29, 0.717) is 5.75 Å². The van der Waals surface area contributed by atoms with Crippen LogP contribution in [0.4, 0.5) is 0 Å².